The Bertz CT molecular complexity index is 513. The minimum Gasteiger partial charge on any atom is -0.425 e. The highest BCUT2D eigenvalue weighted by molar-refractivity contribution is 8.15. The van der Waals surface area contributed by atoms with E-state index in [-0.39, 0.29) is 17.1 Å². The lowest BCUT2D eigenvalue weighted by atomic mass is 10.1. The Balaban J connectivity index is 1.97. The molecule has 1 saturated heterocycles. The molecule has 0 radical (unpaired) electrons. The molecule has 0 saturated carbocycles. The molecule has 1 atom stereocenters. The Kier molecular flexibility index (Phi) is 4.08. The molecule has 2 amide bonds. The van der Waals surface area contributed by atoms with Gasteiger partial charge in [-0.15, -0.1) is 0 Å². The summed E-state index contributed by atoms with van der Waals surface area (Å²) in [6, 6.07) is 6.82. The number of nitrogens with one attached hydrogen (secondary N) is 1. The van der Waals surface area contributed by atoms with E-state index in [1.54, 1.807) is 24.3 Å². The zero-order valence-electron chi connectivity index (χ0n) is 9.79. The summed E-state index contributed by atoms with van der Waals surface area (Å²) < 4.78 is 5.02. The van der Waals surface area contributed by atoms with Gasteiger partial charge in [0.25, 0.3) is 5.24 Å². The minimum atomic E-state index is -0.394. The first-order valence-corrected chi connectivity index (χ1v) is 6.25. The van der Waals surface area contributed by atoms with E-state index >= 15 is 0 Å². The maximum Gasteiger partial charge on any atom is 0.314 e. The Morgan fingerprint density at radius 3 is 2.58 bits per heavy atom. The summed E-state index contributed by atoms with van der Waals surface area (Å²) in [5, 5.41) is 9.82. The van der Waals surface area contributed by atoms with Gasteiger partial charge in [0.2, 0.25) is 5.91 Å². The van der Waals surface area contributed by atoms with E-state index in [4.69, 9.17) is 9.99 Å². The van der Waals surface area contributed by atoms with Crippen LogP contribution < -0.4 is 10.1 Å². The van der Waals surface area contributed by atoms with Gasteiger partial charge >= 0.3 is 5.95 Å². The van der Waals surface area contributed by atoms with Gasteiger partial charge in [-0.25, -0.2) is 0 Å². The molecule has 1 heterocycles. The monoisotopic (exact) mass is 281 g/mol. The minimum absolute atomic E-state index is 0.232. The molecule has 100 valence electrons. The second-order valence-electron chi connectivity index (χ2n) is 3.80. The van der Waals surface area contributed by atoms with Gasteiger partial charge in [0.1, 0.15) is 5.75 Å². The summed E-state index contributed by atoms with van der Waals surface area (Å²) in [6.07, 6.45) is 0.458. The van der Waals surface area contributed by atoms with Crippen molar-refractivity contribution in [2.45, 2.75) is 11.7 Å². The third-order valence-corrected chi connectivity index (χ3v) is 3.43. The molecule has 0 aromatic heterocycles. The zero-order valence-corrected chi connectivity index (χ0v) is 10.6. The third kappa shape index (κ3) is 3.49. The van der Waals surface area contributed by atoms with E-state index < -0.39 is 5.25 Å². The first-order valence-electron chi connectivity index (χ1n) is 5.37. The average molecular weight is 281 g/mol. The Morgan fingerprint density at radius 1 is 1.37 bits per heavy atom. The molecule has 7 heteroatoms. The van der Waals surface area contributed by atoms with Crippen LogP contribution in [-0.2, 0) is 16.1 Å². The lowest BCUT2D eigenvalue weighted by Gasteiger charge is -2.07. The first-order chi connectivity index (χ1) is 9.08. The number of rotatable bonds is 5. The van der Waals surface area contributed by atoms with E-state index in [2.05, 4.69) is 16.8 Å². The summed E-state index contributed by atoms with van der Waals surface area (Å²) >= 11 is 0.989. The second-order valence-corrected chi connectivity index (χ2v) is 4.97. The molecule has 0 spiro atoms. The fourth-order valence-corrected chi connectivity index (χ4v) is 2.45. The van der Waals surface area contributed by atoms with Crippen molar-refractivity contribution >= 4 is 22.9 Å². The number of hydrogen-bond acceptors (Lipinski definition) is 6. The second kappa shape index (κ2) is 5.77. The van der Waals surface area contributed by atoms with Gasteiger partial charge in [0, 0.05) is 0 Å². The number of amides is 2. The predicted molar refractivity (Wildman–Crippen MR) is 68.5 cm³/mol. The summed E-state index contributed by atoms with van der Waals surface area (Å²) in [6.45, 7) is 3.30. The van der Waals surface area contributed by atoms with Gasteiger partial charge in [0.05, 0.1) is 5.25 Å². The van der Waals surface area contributed by atoms with Crippen molar-refractivity contribution in [1.82, 2.24) is 5.32 Å². The number of carbonyl (C=O) groups excluding carboxylic acids is 2. The predicted octanol–water partition coefficient (Wildman–Crippen LogP) is 1.92. The van der Waals surface area contributed by atoms with Crippen LogP contribution in [0.15, 0.2) is 36.8 Å². The lowest BCUT2D eigenvalue weighted by molar-refractivity contribution is -0.230. The molecule has 0 bridgehead atoms. The molecule has 2 rings (SSSR count). The Labute approximate surface area is 113 Å². The SMILES string of the molecule is C=C(OO)Oc1ccc(CC2SC(=O)NC2=O)cc1. The normalized spacial score (nSPS) is 18.1. The Hall–Kier alpha value is -1.99. The molecule has 1 fully saturated rings. The lowest BCUT2D eigenvalue weighted by Crippen LogP contribution is -2.25. The van der Waals surface area contributed by atoms with Crippen molar-refractivity contribution in [3.05, 3.63) is 42.4 Å². The summed E-state index contributed by atoms with van der Waals surface area (Å²) in [4.78, 5) is 26.2. The van der Waals surface area contributed by atoms with Crippen molar-refractivity contribution < 1.29 is 24.5 Å². The number of thioether (sulfide) groups is 1. The van der Waals surface area contributed by atoms with Gasteiger partial charge in [0.15, 0.2) is 0 Å². The maximum atomic E-state index is 11.4. The van der Waals surface area contributed by atoms with Gasteiger partial charge < -0.3 is 9.62 Å². The molecule has 6 nitrogen and oxygen atoms in total. The standard InChI is InChI=1S/C12H11NO5S/c1-7(18-16)17-9-4-2-8(3-5-9)6-10-11(14)13-12(15)19-10/h2-5,10,16H,1,6H2,(H,13,14,15). The van der Waals surface area contributed by atoms with E-state index in [1.165, 1.54) is 0 Å². The number of ether oxygens (including phenoxy) is 1. The molecule has 0 aliphatic carbocycles. The molecule has 1 aliphatic heterocycles. The van der Waals surface area contributed by atoms with Gasteiger partial charge in [-0.1, -0.05) is 23.9 Å². The van der Waals surface area contributed by atoms with Crippen LogP contribution in [0, 0.1) is 0 Å². The molecule has 2 N–H and O–H groups in total. The first kappa shape index (κ1) is 13.4. The molecule has 1 aromatic carbocycles. The highest BCUT2D eigenvalue weighted by Crippen LogP contribution is 2.24. The van der Waals surface area contributed by atoms with E-state index in [0.29, 0.717) is 12.2 Å². The van der Waals surface area contributed by atoms with Gasteiger partial charge in [-0.05, 0) is 30.7 Å². The smallest absolute Gasteiger partial charge is 0.314 e. The quantitative estimate of drug-likeness (QED) is 0.487. The number of carbonyl (C=O) groups is 2. The van der Waals surface area contributed by atoms with Crippen molar-refractivity contribution in [3.63, 3.8) is 0 Å². The van der Waals surface area contributed by atoms with E-state index in [1.807, 2.05) is 0 Å². The summed E-state index contributed by atoms with van der Waals surface area (Å²) in [7, 11) is 0. The molecule has 1 aromatic rings. The zero-order chi connectivity index (χ0) is 13.8. The molecular formula is C12H11NO5S. The van der Waals surface area contributed by atoms with Crippen LogP contribution in [0.3, 0.4) is 0 Å². The fourth-order valence-electron chi connectivity index (χ4n) is 1.59. The Morgan fingerprint density at radius 2 is 2.05 bits per heavy atom. The van der Waals surface area contributed by atoms with Crippen molar-refractivity contribution in [2.75, 3.05) is 0 Å². The van der Waals surface area contributed by atoms with Crippen LogP contribution in [-0.4, -0.2) is 21.7 Å². The van der Waals surface area contributed by atoms with Crippen LogP contribution >= 0.6 is 11.8 Å². The molecule has 19 heavy (non-hydrogen) atoms. The fraction of sp³-hybridized carbons (Fsp3) is 0.167. The van der Waals surface area contributed by atoms with Crippen molar-refractivity contribution in [3.8, 4) is 5.75 Å². The van der Waals surface area contributed by atoms with Crippen LogP contribution in [0.4, 0.5) is 4.79 Å². The van der Waals surface area contributed by atoms with E-state index in [9.17, 15) is 9.59 Å². The number of imide groups is 1. The van der Waals surface area contributed by atoms with Crippen LogP contribution in [0.2, 0.25) is 0 Å². The van der Waals surface area contributed by atoms with Crippen LogP contribution in [0.5, 0.6) is 5.75 Å². The van der Waals surface area contributed by atoms with Crippen molar-refractivity contribution in [2.24, 2.45) is 0 Å². The number of hydrogen-bond donors (Lipinski definition) is 2. The molecule has 1 aliphatic rings. The maximum absolute atomic E-state index is 11.4. The number of benzene rings is 1. The molecular weight excluding hydrogens is 270 g/mol. The highest BCUT2D eigenvalue weighted by Gasteiger charge is 2.31. The summed E-state index contributed by atoms with van der Waals surface area (Å²) in [5.41, 5.74) is 0.894. The third-order valence-electron chi connectivity index (χ3n) is 2.44. The highest BCUT2D eigenvalue weighted by atomic mass is 32.2. The molecule has 1 unspecified atom stereocenters. The van der Waals surface area contributed by atoms with Gasteiger partial charge in [-0.3, -0.25) is 14.9 Å². The average Bonchev–Trinajstić information content (AvgIpc) is 2.70. The van der Waals surface area contributed by atoms with Gasteiger partial charge in [-0.2, -0.15) is 5.26 Å². The van der Waals surface area contributed by atoms with Crippen LogP contribution in [0.1, 0.15) is 5.56 Å². The van der Waals surface area contributed by atoms with E-state index in [0.717, 1.165) is 17.3 Å². The largest absolute Gasteiger partial charge is 0.425 e. The topological polar surface area (TPSA) is 84.9 Å². The summed E-state index contributed by atoms with van der Waals surface area (Å²) in [5.74, 6) is -0.0520. The van der Waals surface area contributed by atoms with Crippen molar-refractivity contribution in [1.29, 1.82) is 0 Å². The van der Waals surface area contributed by atoms with Crippen LogP contribution in [0.25, 0.3) is 0 Å².